The van der Waals surface area contributed by atoms with Crippen LogP contribution in [0.3, 0.4) is 0 Å². The predicted octanol–water partition coefficient (Wildman–Crippen LogP) is 5.29. The van der Waals surface area contributed by atoms with Crippen molar-refractivity contribution < 1.29 is 33.3 Å². The summed E-state index contributed by atoms with van der Waals surface area (Å²) in [4.78, 5) is 30.4. The maximum atomic E-state index is 13.7. The van der Waals surface area contributed by atoms with Crippen molar-refractivity contribution in [2.24, 2.45) is 0 Å². The summed E-state index contributed by atoms with van der Waals surface area (Å²) in [5.41, 5.74) is -0.366. The van der Waals surface area contributed by atoms with E-state index in [2.05, 4.69) is 51.9 Å². The molecular formula is C33H48N2O7Si. The van der Waals surface area contributed by atoms with E-state index in [1.807, 2.05) is 32.9 Å². The van der Waals surface area contributed by atoms with Crippen LogP contribution in [0.15, 0.2) is 24.0 Å². The minimum absolute atomic E-state index is 0.0133. The number of likely N-dealkylation sites (N-methyl/N-ethyl adjacent to an activating group) is 1. The van der Waals surface area contributed by atoms with E-state index in [0.29, 0.717) is 55.9 Å². The molecule has 0 aromatic heterocycles. The fraction of sp³-hybridized carbons (Fsp3) is 0.697. The number of hydrogen-bond donors (Lipinski definition) is 1. The highest BCUT2D eigenvalue weighted by molar-refractivity contribution is 6.74. The second kappa shape index (κ2) is 9.72. The summed E-state index contributed by atoms with van der Waals surface area (Å²) in [5.74, 6) is 1.30. The zero-order chi connectivity index (χ0) is 31.3. The van der Waals surface area contributed by atoms with E-state index in [4.69, 9.17) is 18.6 Å². The number of piperidine rings is 1. The van der Waals surface area contributed by atoms with Gasteiger partial charge in [-0.25, -0.2) is 9.59 Å². The van der Waals surface area contributed by atoms with E-state index in [1.54, 1.807) is 0 Å². The highest BCUT2D eigenvalue weighted by Crippen LogP contribution is 2.65. The Hall–Kier alpha value is -2.56. The number of rotatable bonds is 4. The van der Waals surface area contributed by atoms with Crippen LogP contribution in [0.5, 0.6) is 11.5 Å². The lowest BCUT2D eigenvalue weighted by Crippen LogP contribution is -2.74. The van der Waals surface area contributed by atoms with Crippen LogP contribution < -0.4 is 9.16 Å². The molecule has 6 rings (SSSR count). The third-order valence-corrected chi connectivity index (χ3v) is 15.2. The molecule has 3 aliphatic heterocycles. The van der Waals surface area contributed by atoms with Crippen molar-refractivity contribution in [3.63, 3.8) is 0 Å². The van der Waals surface area contributed by atoms with E-state index in [0.717, 1.165) is 17.7 Å². The molecule has 1 spiro atoms. The number of likely N-dealkylation sites (tertiary alicyclic amines) is 2. The minimum atomic E-state index is -2.21. The van der Waals surface area contributed by atoms with Gasteiger partial charge in [0, 0.05) is 24.6 Å². The molecule has 10 heteroatoms. The molecule has 43 heavy (non-hydrogen) atoms. The van der Waals surface area contributed by atoms with Gasteiger partial charge in [0.15, 0.2) is 11.9 Å². The maximum Gasteiger partial charge on any atom is 0.411 e. The zero-order valence-electron chi connectivity index (χ0n) is 27.2. The summed E-state index contributed by atoms with van der Waals surface area (Å²) in [6, 6.07) is 3.34. The van der Waals surface area contributed by atoms with Crippen LogP contribution in [0.4, 0.5) is 4.79 Å². The molecule has 0 unspecified atom stereocenters. The number of amides is 1. The maximum absolute atomic E-state index is 13.7. The molecule has 2 aliphatic carbocycles. The van der Waals surface area contributed by atoms with Crippen molar-refractivity contribution >= 4 is 20.4 Å². The summed E-state index contributed by atoms with van der Waals surface area (Å²) in [6.45, 7) is 17.7. The molecule has 2 saturated heterocycles. The molecule has 2 fully saturated rings. The minimum Gasteiger partial charge on any atom is -0.541 e. The van der Waals surface area contributed by atoms with Gasteiger partial charge in [-0.05, 0) is 95.9 Å². The van der Waals surface area contributed by atoms with Crippen molar-refractivity contribution in [2.75, 3.05) is 20.1 Å². The largest absolute Gasteiger partial charge is 0.541 e. The van der Waals surface area contributed by atoms with Gasteiger partial charge in [-0.3, -0.25) is 4.90 Å². The number of carbonyl (C=O) groups excluding carboxylic acids is 2. The molecule has 9 nitrogen and oxygen atoms in total. The summed E-state index contributed by atoms with van der Waals surface area (Å²) in [5, 5.41) is 12.6. The molecule has 5 aliphatic rings. The Labute approximate surface area is 256 Å². The van der Waals surface area contributed by atoms with Gasteiger partial charge < -0.3 is 28.6 Å². The van der Waals surface area contributed by atoms with Crippen LogP contribution in [0.25, 0.3) is 0 Å². The Bertz CT molecular complexity index is 1380. The average molecular weight is 613 g/mol. The lowest BCUT2D eigenvalue weighted by atomic mass is 9.50. The molecule has 5 atom stereocenters. The number of carbonyl (C=O) groups is 2. The highest BCUT2D eigenvalue weighted by Gasteiger charge is 2.72. The quantitative estimate of drug-likeness (QED) is 0.362. The topological polar surface area (TPSA) is 97.8 Å². The Kier molecular flexibility index (Phi) is 6.88. The van der Waals surface area contributed by atoms with Gasteiger partial charge in [-0.15, -0.1) is 0 Å². The van der Waals surface area contributed by atoms with E-state index in [9.17, 15) is 14.7 Å². The average Bonchev–Trinajstić information content (AvgIpc) is 3.51. The van der Waals surface area contributed by atoms with Gasteiger partial charge in [-0.2, -0.15) is 0 Å². The van der Waals surface area contributed by atoms with Crippen LogP contribution in [-0.2, 0) is 26.1 Å². The van der Waals surface area contributed by atoms with Crippen molar-refractivity contribution in [3.8, 4) is 11.5 Å². The number of aliphatic hydroxyl groups is 1. The standard InChI is InChI=1S/C33H48N2O7Si/c1-30(2,3)41-29(37)35-17-10-11-21(35)28(36)39-23-14-15-33(38)24-19-20-12-13-22(42-43(8,9)31(4,5)6)26-25(20)32(33,27(23)40-26)16-18-34(24)7/h12-14,21,24,27,38H,10-11,15-19H2,1-9H3/t21-,24+,27-,32-,33+/m0/s1. The van der Waals surface area contributed by atoms with Gasteiger partial charge >= 0.3 is 12.1 Å². The van der Waals surface area contributed by atoms with E-state index < -0.39 is 49.1 Å². The fourth-order valence-electron chi connectivity index (χ4n) is 7.67. The lowest BCUT2D eigenvalue weighted by molar-refractivity contribution is -0.170. The van der Waals surface area contributed by atoms with Gasteiger partial charge in [-0.1, -0.05) is 26.8 Å². The molecule has 1 N–H and O–H groups in total. The molecule has 1 amide bonds. The summed E-state index contributed by atoms with van der Waals surface area (Å²) in [7, 11) is -0.139. The zero-order valence-corrected chi connectivity index (χ0v) is 28.2. The fourth-order valence-corrected chi connectivity index (χ4v) is 8.69. The van der Waals surface area contributed by atoms with Gasteiger partial charge in [0.05, 0.1) is 11.0 Å². The smallest absolute Gasteiger partial charge is 0.411 e. The number of ether oxygens (including phenoxy) is 3. The van der Waals surface area contributed by atoms with Crippen molar-refractivity contribution in [1.29, 1.82) is 0 Å². The van der Waals surface area contributed by atoms with Crippen LogP contribution >= 0.6 is 0 Å². The van der Waals surface area contributed by atoms with Crippen molar-refractivity contribution in [2.45, 2.75) is 127 Å². The lowest BCUT2D eigenvalue weighted by Gasteiger charge is -2.61. The predicted molar refractivity (Wildman–Crippen MR) is 165 cm³/mol. The van der Waals surface area contributed by atoms with E-state index in [-0.39, 0.29) is 11.1 Å². The third kappa shape index (κ3) is 4.53. The van der Waals surface area contributed by atoms with E-state index >= 15 is 0 Å². The first-order chi connectivity index (χ1) is 19.9. The first kappa shape index (κ1) is 30.5. The Morgan fingerprint density at radius 3 is 2.51 bits per heavy atom. The second-order valence-electron chi connectivity index (χ2n) is 15.7. The van der Waals surface area contributed by atoms with Crippen LogP contribution in [0, 0.1) is 0 Å². The van der Waals surface area contributed by atoms with Crippen LogP contribution in [-0.4, -0.2) is 84.8 Å². The number of nitrogens with zero attached hydrogens (tertiary/aromatic N) is 2. The number of benzene rings is 1. The highest BCUT2D eigenvalue weighted by atomic mass is 28.4. The summed E-state index contributed by atoms with van der Waals surface area (Å²) in [6.07, 6.45) is 3.57. The first-order valence-electron chi connectivity index (χ1n) is 15.8. The van der Waals surface area contributed by atoms with Gasteiger partial charge in [0.2, 0.25) is 0 Å². The molecule has 0 radical (unpaired) electrons. The Morgan fingerprint density at radius 2 is 1.84 bits per heavy atom. The molecule has 1 aromatic carbocycles. The first-order valence-corrected chi connectivity index (χ1v) is 18.7. The van der Waals surface area contributed by atoms with Crippen molar-refractivity contribution in [3.05, 3.63) is 35.1 Å². The molecule has 2 bridgehead atoms. The molecule has 1 aromatic rings. The SMILES string of the molecule is CN1CC[C@]23c4c5ccc(O[Si](C)(C)C(C)(C)C)c4O[C@H]2C(OC(=O)[C@@H]2CCCN2C(=O)OC(C)(C)C)=CC[C@@]3(O)[C@H]1C5. The molecular weight excluding hydrogens is 564 g/mol. The van der Waals surface area contributed by atoms with E-state index in [1.165, 1.54) is 4.90 Å². The van der Waals surface area contributed by atoms with Gasteiger partial charge in [0.1, 0.15) is 23.2 Å². The number of esters is 1. The summed E-state index contributed by atoms with van der Waals surface area (Å²) < 4.78 is 25.5. The molecule has 0 saturated carbocycles. The summed E-state index contributed by atoms with van der Waals surface area (Å²) >= 11 is 0. The van der Waals surface area contributed by atoms with Crippen molar-refractivity contribution in [1.82, 2.24) is 9.80 Å². The van der Waals surface area contributed by atoms with Crippen LogP contribution in [0.1, 0.15) is 78.4 Å². The van der Waals surface area contributed by atoms with Gasteiger partial charge in [0.25, 0.3) is 8.32 Å². The normalized spacial score (nSPS) is 31.6. The molecule has 3 heterocycles. The Morgan fingerprint density at radius 1 is 1.12 bits per heavy atom. The molecule has 236 valence electrons. The second-order valence-corrected chi connectivity index (χ2v) is 20.4. The third-order valence-electron chi connectivity index (χ3n) is 10.9. The van der Waals surface area contributed by atoms with Crippen LogP contribution in [0.2, 0.25) is 18.1 Å². The Balaban J connectivity index is 1.37. The monoisotopic (exact) mass is 612 g/mol. The number of hydrogen-bond acceptors (Lipinski definition) is 8.